The first kappa shape index (κ1) is 17.6. The van der Waals surface area contributed by atoms with E-state index < -0.39 is 0 Å². The third-order valence-corrected chi connectivity index (χ3v) is 6.02. The van der Waals surface area contributed by atoms with Crippen LogP contribution >= 0.6 is 0 Å². The summed E-state index contributed by atoms with van der Waals surface area (Å²) in [5.41, 5.74) is 3.61. The van der Waals surface area contributed by atoms with Crippen molar-refractivity contribution in [2.45, 2.75) is 50.8 Å². The lowest BCUT2D eigenvalue weighted by Gasteiger charge is -2.37. The fourth-order valence-electron chi connectivity index (χ4n) is 4.65. The van der Waals surface area contributed by atoms with Gasteiger partial charge < -0.3 is 19.1 Å². The number of benzene rings is 2. The summed E-state index contributed by atoms with van der Waals surface area (Å²) < 4.78 is 17.0. The van der Waals surface area contributed by atoms with Crippen LogP contribution in [0.5, 0.6) is 11.5 Å². The number of para-hydroxylation sites is 1. The zero-order valence-electron chi connectivity index (χ0n) is 15.9. The minimum absolute atomic E-state index is 0.0693. The van der Waals surface area contributed by atoms with Gasteiger partial charge in [-0.3, -0.25) is 4.79 Å². The first-order valence-corrected chi connectivity index (χ1v) is 10.2. The lowest BCUT2D eigenvalue weighted by atomic mass is 9.86. The molecule has 2 heterocycles. The number of carbonyl (C=O) groups is 1. The van der Waals surface area contributed by atoms with Crippen LogP contribution in [0.2, 0.25) is 0 Å². The summed E-state index contributed by atoms with van der Waals surface area (Å²) in [6.45, 7) is 1.41. The van der Waals surface area contributed by atoms with E-state index in [4.69, 9.17) is 14.2 Å². The van der Waals surface area contributed by atoms with Crippen LogP contribution in [0.25, 0.3) is 0 Å². The number of ether oxygens (including phenoxy) is 3. The minimum Gasteiger partial charge on any atom is -0.454 e. The predicted molar refractivity (Wildman–Crippen MR) is 104 cm³/mol. The molecule has 5 heteroatoms. The van der Waals surface area contributed by atoms with Crippen LogP contribution in [0.1, 0.15) is 48.4 Å². The Kier molecular flexibility index (Phi) is 4.69. The van der Waals surface area contributed by atoms with Crippen molar-refractivity contribution in [1.82, 2.24) is 4.90 Å². The highest BCUT2D eigenvalue weighted by atomic mass is 16.7. The van der Waals surface area contributed by atoms with Crippen LogP contribution < -0.4 is 9.47 Å². The van der Waals surface area contributed by atoms with E-state index in [0.29, 0.717) is 13.2 Å². The summed E-state index contributed by atoms with van der Waals surface area (Å²) in [5.74, 6) is 1.61. The molecule has 0 radical (unpaired) electrons. The molecule has 0 saturated carbocycles. The Balaban J connectivity index is 1.51. The number of hydrogen-bond donors (Lipinski definition) is 0. The van der Waals surface area contributed by atoms with Gasteiger partial charge in [-0.1, -0.05) is 36.4 Å². The molecule has 2 aromatic rings. The van der Waals surface area contributed by atoms with Crippen molar-refractivity contribution >= 4 is 5.91 Å². The van der Waals surface area contributed by atoms with E-state index in [-0.39, 0.29) is 24.8 Å². The number of amides is 1. The van der Waals surface area contributed by atoms with Crippen LogP contribution in [0.15, 0.2) is 42.5 Å². The summed E-state index contributed by atoms with van der Waals surface area (Å²) in [4.78, 5) is 15.5. The Morgan fingerprint density at radius 3 is 2.86 bits per heavy atom. The molecule has 0 unspecified atom stereocenters. The zero-order valence-corrected chi connectivity index (χ0v) is 15.9. The molecule has 5 nitrogen and oxygen atoms in total. The third kappa shape index (κ3) is 3.14. The third-order valence-electron chi connectivity index (χ3n) is 6.02. The van der Waals surface area contributed by atoms with E-state index in [1.54, 1.807) is 0 Å². The summed E-state index contributed by atoms with van der Waals surface area (Å²) in [5, 5.41) is 0. The molecular formula is C23H25NO4. The molecule has 2 aromatic carbocycles. The quantitative estimate of drug-likeness (QED) is 0.806. The molecule has 1 aliphatic carbocycles. The first-order chi connectivity index (χ1) is 13.8. The normalized spacial score (nSPS) is 22.7. The number of aryl methyl sites for hydroxylation is 1. The number of hydrogen-bond acceptors (Lipinski definition) is 4. The topological polar surface area (TPSA) is 48.0 Å². The fraction of sp³-hybridized carbons (Fsp3) is 0.435. The van der Waals surface area contributed by atoms with E-state index in [0.717, 1.165) is 49.2 Å². The average molecular weight is 379 g/mol. The molecule has 1 saturated heterocycles. The Morgan fingerprint density at radius 2 is 1.96 bits per heavy atom. The first-order valence-electron chi connectivity index (χ1n) is 10.2. The van der Waals surface area contributed by atoms with Crippen molar-refractivity contribution in [2.75, 3.05) is 13.4 Å². The number of rotatable bonds is 4. The van der Waals surface area contributed by atoms with E-state index in [1.165, 1.54) is 11.1 Å². The predicted octanol–water partition coefficient (Wildman–Crippen LogP) is 4.00. The maximum absolute atomic E-state index is 13.5. The van der Waals surface area contributed by atoms with E-state index >= 15 is 0 Å². The van der Waals surface area contributed by atoms with Crippen molar-refractivity contribution in [1.29, 1.82) is 0 Å². The second-order valence-electron chi connectivity index (χ2n) is 7.73. The highest BCUT2D eigenvalue weighted by Gasteiger charge is 2.35. The SMILES string of the molecule is O=C([C@H]1CCCO1)N(Cc1cccc2c1OCO2)[C@H]1CCCc2ccccc21. The molecule has 146 valence electrons. The van der Waals surface area contributed by atoms with Crippen molar-refractivity contribution in [2.24, 2.45) is 0 Å². The molecule has 0 aromatic heterocycles. The minimum atomic E-state index is -0.331. The van der Waals surface area contributed by atoms with E-state index in [2.05, 4.69) is 24.3 Å². The summed E-state index contributed by atoms with van der Waals surface area (Å²) >= 11 is 0. The largest absolute Gasteiger partial charge is 0.454 e. The fourth-order valence-corrected chi connectivity index (χ4v) is 4.65. The van der Waals surface area contributed by atoms with Crippen LogP contribution in [-0.4, -0.2) is 30.3 Å². The van der Waals surface area contributed by atoms with Gasteiger partial charge in [-0.15, -0.1) is 0 Å². The van der Waals surface area contributed by atoms with Crippen molar-refractivity contribution in [3.8, 4) is 11.5 Å². The summed E-state index contributed by atoms with van der Waals surface area (Å²) in [6, 6.07) is 14.5. The molecule has 2 atom stereocenters. The van der Waals surface area contributed by atoms with Crippen LogP contribution in [-0.2, 0) is 22.5 Å². The molecular weight excluding hydrogens is 354 g/mol. The Morgan fingerprint density at radius 1 is 1.04 bits per heavy atom. The van der Waals surface area contributed by atoms with E-state index in [1.807, 2.05) is 23.1 Å². The zero-order chi connectivity index (χ0) is 18.9. The van der Waals surface area contributed by atoms with E-state index in [9.17, 15) is 4.79 Å². The second kappa shape index (κ2) is 7.47. The Labute approximate surface area is 165 Å². The van der Waals surface area contributed by atoms with Crippen LogP contribution in [0.4, 0.5) is 0 Å². The average Bonchev–Trinajstić information content (AvgIpc) is 3.43. The summed E-state index contributed by atoms with van der Waals surface area (Å²) in [6.07, 6.45) is 4.56. The molecule has 0 spiro atoms. The monoisotopic (exact) mass is 379 g/mol. The maximum atomic E-state index is 13.5. The van der Waals surface area contributed by atoms with Gasteiger partial charge >= 0.3 is 0 Å². The van der Waals surface area contributed by atoms with Crippen LogP contribution in [0, 0.1) is 0 Å². The second-order valence-corrected chi connectivity index (χ2v) is 7.73. The molecule has 1 amide bonds. The molecule has 5 rings (SSSR count). The van der Waals surface area contributed by atoms with Gasteiger partial charge in [0.05, 0.1) is 12.6 Å². The Hall–Kier alpha value is -2.53. The van der Waals surface area contributed by atoms with Gasteiger partial charge in [-0.05, 0) is 49.3 Å². The van der Waals surface area contributed by atoms with Gasteiger partial charge in [0, 0.05) is 12.2 Å². The van der Waals surface area contributed by atoms with Crippen molar-refractivity contribution in [3.63, 3.8) is 0 Å². The molecule has 2 aliphatic heterocycles. The maximum Gasteiger partial charge on any atom is 0.252 e. The lowest BCUT2D eigenvalue weighted by Crippen LogP contribution is -2.42. The number of nitrogens with zero attached hydrogens (tertiary/aromatic N) is 1. The standard InChI is InChI=1S/C23H25NO4/c25-23(21-12-5-13-26-21)24(14-17-8-4-11-20-22(17)28-15-27-20)19-10-3-7-16-6-1-2-9-18(16)19/h1-2,4,6,8-9,11,19,21H,3,5,7,10,12-15H2/t19-,21+/m0/s1. The molecule has 1 fully saturated rings. The van der Waals surface area contributed by atoms with Crippen molar-refractivity contribution < 1.29 is 19.0 Å². The van der Waals surface area contributed by atoms with Crippen molar-refractivity contribution in [3.05, 3.63) is 59.2 Å². The number of fused-ring (bicyclic) bond motifs is 2. The number of carbonyl (C=O) groups excluding carboxylic acids is 1. The van der Waals surface area contributed by atoms with Gasteiger partial charge in [0.15, 0.2) is 11.5 Å². The Bertz CT molecular complexity index is 875. The molecule has 3 aliphatic rings. The van der Waals surface area contributed by atoms with Gasteiger partial charge in [-0.2, -0.15) is 0 Å². The van der Waals surface area contributed by atoms with Gasteiger partial charge in [0.1, 0.15) is 6.10 Å². The molecule has 28 heavy (non-hydrogen) atoms. The summed E-state index contributed by atoms with van der Waals surface area (Å²) in [7, 11) is 0. The highest BCUT2D eigenvalue weighted by molar-refractivity contribution is 5.82. The van der Waals surface area contributed by atoms with Gasteiger partial charge in [0.25, 0.3) is 5.91 Å². The molecule has 0 N–H and O–H groups in total. The smallest absolute Gasteiger partial charge is 0.252 e. The molecule has 0 bridgehead atoms. The highest BCUT2D eigenvalue weighted by Crippen LogP contribution is 2.40. The van der Waals surface area contributed by atoms with Gasteiger partial charge in [-0.25, -0.2) is 0 Å². The van der Waals surface area contributed by atoms with Crippen LogP contribution in [0.3, 0.4) is 0 Å². The lowest BCUT2D eigenvalue weighted by molar-refractivity contribution is -0.144. The van der Waals surface area contributed by atoms with Gasteiger partial charge in [0.2, 0.25) is 6.79 Å².